The van der Waals surface area contributed by atoms with E-state index in [0.717, 1.165) is 25.2 Å². The number of rotatable bonds is 2. The molecule has 0 spiro atoms. The molecular weight excluding hydrogens is 178 g/mol. The first-order valence-corrected chi connectivity index (χ1v) is 4.56. The lowest BCUT2D eigenvalue weighted by atomic mass is 10.2. The molecule has 66 valence electrons. The summed E-state index contributed by atoms with van der Waals surface area (Å²) in [5, 5.41) is 0. The van der Waals surface area contributed by atoms with Crippen LogP contribution in [0.5, 0.6) is 0 Å². The summed E-state index contributed by atoms with van der Waals surface area (Å²) in [6, 6.07) is 0. The van der Waals surface area contributed by atoms with Gasteiger partial charge in [0.1, 0.15) is 6.10 Å². The molecule has 1 aliphatic heterocycles. The molecular formula is C8H10ClNO2. The lowest BCUT2D eigenvalue weighted by Gasteiger charge is -2.02. The van der Waals surface area contributed by atoms with Crippen LogP contribution in [0.2, 0.25) is 0 Å². The van der Waals surface area contributed by atoms with Crippen LogP contribution in [-0.4, -0.2) is 11.6 Å². The summed E-state index contributed by atoms with van der Waals surface area (Å²) in [4.78, 5) is 4.00. The maximum atomic E-state index is 5.55. The summed E-state index contributed by atoms with van der Waals surface area (Å²) in [5.41, 5.74) is 0. The zero-order valence-electron chi connectivity index (χ0n) is 6.62. The number of hydrogen-bond acceptors (Lipinski definition) is 3. The summed E-state index contributed by atoms with van der Waals surface area (Å²) in [6.45, 7) is 0.821. The molecule has 2 heterocycles. The van der Waals surface area contributed by atoms with E-state index in [9.17, 15) is 0 Å². The molecule has 3 nitrogen and oxygen atoms in total. The van der Waals surface area contributed by atoms with Gasteiger partial charge in [-0.05, 0) is 12.8 Å². The van der Waals surface area contributed by atoms with E-state index in [2.05, 4.69) is 4.98 Å². The summed E-state index contributed by atoms with van der Waals surface area (Å²) in [5.74, 6) is 1.71. The van der Waals surface area contributed by atoms with Gasteiger partial charge < -0.3 is 9.15 Å². The lowest BCUT2D eigenvalue weighted by Crippen LogP contribution is -1.92. The molecule has 1 aromatic rings. The van der Waals surface area contributed by atoms with Crippen LogP contribution in [0.3, 0.4) is 0 Å². The molecule has 1 aliphatic rings. The van der Waals surface area contributed by atoms with Crippen LogP contribution in [0.1, 0.15) is 30.6 Å². The highest BCUT2D eigenvalue weighted by molar-refractivity contribution is 6.16. The number of alkyl halides is 1. The van der Waals surface area contributed by atoms with E-state index in [4.69, 9.17) is 20.8 Å². The van der Waals surface area contributed by atoms with Crippen molar-refractivity contribution in [2.24, 2.45) is 0 Å². The normalized spacial score (nSPS) is 23.2. The van der Waals surface area contributed by atoms with Crippen LogP contribution >= 0.6 is 11.6 Å². The predicted octanol–water partition coefficient (Wildman–Crippen LogP) is 2.26. The van der Waals surface area contributed by atoms with Gasteiger partial charge >= 0.3 is 0 Å². The molecule has 1 fully saturated rings. The van der Waals surface area contributed by atoms with Crippen LogP contribution < -0.4 is 0 Å². The van der Waals surface area contributed by atoms with Crippen molar-refractivity contribution in [3.05, 3.63) is 17.8 Å². The molecule has 4 heteroatoms. The standard InChI is InChI=1S/C8H10ClNO2/c9-4-8-10-5-7(12-8)6-2-1-3-11-6/h5-6H,1-4H2. The van der Waals surface area contributed by atoms with Crippen LogP contribution in [0.25, 0.3) is 0 Å². The van der Waals surface area contributed by atoms with Crippen molar-refractivity contribution in [2.45, 2.75) is 24.8 Å². The van der Waals surface area contributed by atoms with Crippen LogP contribution in [0.15, 0.2) is 10.6 Å². The monoisotopic (exact) mass is 187 g/mol. The first-order valence-electron chi connectivity index (χ1n) is 4.02. The second kappa shape index (κ2) is 3.46. The summed E-state index contributed by atoms with van der Waals surface area (Å²) in [7, 11) is 0. The van der Waals surface area contributed by atoms with Crippen molar-refractivity contribution < 1.29 is 9.15 Å². The molecule has 12 heavy (non-hydrogen) atoms. The Morgan fingerprint density at radius 3 is 3.17 bits per heavy atom. The molecule has 0 aliphatic carbocycles. The van der Waals surface area contributed by atoms with Crippen LogP contribution in [-0.2, 0) is 10.6 Å². The van der Waals surface area contributed by atoms with Crippen molar-refractivity contribution in [1.29, 1.82) is 0 Å². The Morgan fingerprint density at radius 2 is 2.58 bits per heavy atom. The molecule has 1 aromatic heterocycles. The van der Waals surface area contributed by atoms with Crippen LogP contribution in [0.4, 0.5) is 0 Å². The maximum Gasteiger partial charge on any atom is 0.209 e. The second-order valence-corrected chi connectivity index (χ2v) is 3.06. The van der Waals surface area contributed by atoms with Gasteiger partial charge in [-0.3, -0.25) is 0 Å². The third-order valence-corrected chi connectivity index (χ3v) is 2.16. The average molecular weight is 188 g/mol. The van der Waals surface area contributed by atoms with Gasteiger partial charge in [0.2, 0.25) is 5.89 Å². The number of ether oxygens (including phenoxy) is 1. The van der Waals surface area contributed by atoms with E-state index < -0.39 is 0 Å². The largest absolute Gasteiger partial charge is 0.442 e. The first-order chi connectivity index (χ1) is 5.90. The highest BCUT2D eigenvalue weighted by Crippen LogP contribution is 2.28. The molecule has 1 saturated heterocycles. The fraction of sp³-hybridized carbons (Fsp3) is 0.625. The Bertz CT molecular complexity index is 255. The van der Waals surface area contributed by atoms with Crippen molar-refractivity contribution in [3.63, 3.8) is 0 Å². The minimum atomic E-state index is 0.106. The summed E-state index contributed by atoms with van der Waals surface area (Å²) < 4.78 is 10.8. The van der Waals surface area contributed by atoms with Gasteiger partial charge in [0, 0.05) is 6.61 Å². The molecule has 0 bridgehead atoms. The van der Waals surface area contributed by atoms with E-state index >= 15 is 0 Å². The molecule has 2 rings (SSSR count). The fourth-order valence-corrected chi connectivity index (χ4v) is 1.46. The lowest BCUT2D eigenvalue weighted by molar-refractivity contribution is 0.0927. The van der Waals surface area contributed by atoms with Crippen LogP contribution in [0, 0.1) is 0 Å². The molecule has 1 atom stereocenters. The minimum absolute atomic E-state index is 0.106. The number of halogens is 1. The number of hydrogen-bond donors (Lipinski definition) is 0. The molecule has 0 radical (unpaired) electrons. The second-order valence-electron chi connectivity index (χ2n) is 2.79. The third-order valence-electron chi connectivity index (χ3n) is 1.93. The quantitative estimate of drug-likeness (QED) is 0.667. The van der Waals surface area contributed by atoms with Gasteiger partial charge in [0.05, 0.1) is 12.1 Å². The Hall–Kier alpha value is -0.540. The van der Waals surface area contributed by atoms with E-state index in [-0.39, 0.29) is 6.10 Å². The molecule has 0 amide bonds. The van der Waals surface area contributed by atoms with Gasteiger partial charge in [0.25, 0.3) is 0 Å². The Kier molecular flexibility index (Phi) is 2.33. The number of aromatic nitrogens is 1. The van der Waals surface area contributed by atoms with Crippen molar-refractivity contribution in [1.82, 2.24) is 4.98 Å². The zero-order valence-corrected chi connectivity index (χ0v) is 7.38. The Balaban J connectivity index is 2.11. The van der Waals surface area contributed by atoms with Gasteiger partial charge in [-0.15, -0.1) is 11.6 Å². The summed E-state index contributed by atoms with van der Waals surface area (Å²) >= 11 is 5.55. The number of nitrogens with zero attached hydrogens (tertiary/aromatic N) is 1. The Labute approximate surface area is 75.7 Å². The third kappa shape index (κ3) is 1.47. The highest BCUT2D eigenvalue weighted by atomic mass is 35.5. The van der Waals surface area contributed by atoms with Gasteiger partial charge in [-0.25, -0.2) is 4.98 Å². The molecule has 0 saturated carbocycles. The minimum Gasteiger partial charge on any atom is -0.442 e. The van der Waals surface area contributed by atoms with Crippen molar-refractivity contribution >= 4 is 11.6 Å². The first kappa shape index (κ1) is 8.08. The van der Waals surface area contributed by atoms with E-state index in [1.54, 1.807) is 6.20 Å². The van der Waals surface area contributed by atoms with E-state index in [0.29, 0.717) is 11.8 Å². The molecule has 0 aromatic carbocycles. The zero-order chi connectivity index (χ0) is 8.39. The Morgan fingerprint density at radius 1 is 1.67 bits per heavy atom. The highest BCUT2D eigenvalue weighted by Gasteiger charge is 2.21. The smallest absolute Gasteiger partial charge is 0.209 e. The predicted molar refractivity (Wildman–Crippen MR) is 44.0 cm³/mol. The number of oxazole rings is 1. The average Bonchev–Trinajstić information content (AvgIpc) is 2.75. The van der Waals surface area contributed by atoms with Gasteiger partial charge in [0.15, 0.2) is 5.76 Å². The van der Waals surface area contributed by atoms with Crippen molar-refractivity contribution in [3.8, 4) is 0 Å². The van der Waals surface area contributed by atoms with Crippen molar-refractivity contribution in [2.75, 3.05) is 6.61 Å². The van der Waals surface area contributed by atoms with E-state index in [1.807, 2.05) is 0 Å². The van der Waals surface area contributed by atoms with Gasteiger partial charge in [-0.2, -0.15) is 0 Å². The van der Waals surface area contributed by atoms with Gasteiger partial charge in [-0.1, -0.05) is 0 Å². The fourth-order valence-electron chi connectivity index (χ4n) is 1.34. The molecule has 1 unspecified atom stereocenters. The van der Waals surface area contributed by atoms with E-state index in [1.165, 1.54) is 0 Å². The molecule has 0 N–H and O–H groups in total. The summed E-state index contributed by atoms with van der Waals surface area (Å²) in [6.07, 6.45) is 3.93. The SMILES string of the molecule is ClCc1ncc(C2CCCO2)o1. The maximum absolute atomic E-state index is 5.55. The topological polar surface area (TPSA) is 35.3 Å².